The molecule has 0 rings (SSSR count). The molecule has 9 heavy (non-hydrogen) atoms. The van der Waals surface area contributed by atoms with Crippen molar-refractivity contribution in [2.45, 2.75) is 27.2 Å². The van der Waals surface area contributed by atoms with Crippen molar-refractivity contribution in [3.05, 3.63) is 12.3 Å². The van der Waals surface area contributed by atoms with Crippen LogP contribution in [-0.2, 0) is 0 Å². The van der Waals surface area contributed by atoms with E-state index < -0.39 is 0 Å². The smallest absolute Gasteiger partial charge is 0.0348 e. The summed E-state index contributed by atoms with van der Waals surface area (Å²) >= 11 is 0. The van der Waals surface area contributed by atoms with Gasteiger partial charge in [0.2, 0.25) is 0 Å². The molecule has 0 saturated carbocycles. The van der Waals surface area contributed by atoms with Crippen molar-refractivity contribution in [1.82, 2.24) is 5.43 Å². The van der Waals surface area contributed by atoms with Gasteiger partial charge in [-0.1, -0.05) is 13.5 Å². The van der Waals surface area contributed by atoms with Crippen LogP contribution in [0.1, 0.15) is 27.2 Å². The minimum Gasteiger partial charge on any atom is -0.284 e. The Morgan fingerprint density at radius 3 is 2.44 bits per heavy atom. The maximum Gasteiger partial charge on any atom is 0.0348 e. The summed E-state index contributed by atoms with van der Waals surface area (Å²) in [6.45, 7) is 9.58. The zero-order valence-corrected chi connectivity index (χ0v) is 6.36. The van der Waals surface area contributed by atoms with E-state index in [9.17, 15) is 0 Å². The molecule has 0 aliphatic carbocycles. The second-order valence-electron chi connectivity index (χ2n) is 2.09. The first-order valence-corrected chi connectivity index (χ1v) is 3.11. The normalized spacial score (nSPS) is 11.2. The molecule has 52 valence electrons. The average Bonchev–Trinajstić information content (AvgIpc) is 1.83. The summed E-state index contributed by atoms with van der Waals surface area (Å²) in [7, 11) is 0. The molecule has 2 nitrogen and oxygen atoms in total. The second kappa shape index (κ2) is 4.13. The predicted octanol–water partition coefficient (Wildman–Crippen LogP) is 1.90. The van der Waals surface area contributed by atoms with Gasteiger partial charge in [0.1, 0.15) is 0 Å². The fourth-order valence-electron chi connectivity index (χ4n) is 0.270. The van der Waals surface area contributed by atoms with Gasteiger partial charge in [-0.3, -0.25) is 5.43 Å². The van der Waals surface area contributed by atoms with Crippen LogP contribution in [0.4, 0.5) is 0 Å². The van der Waals surface area contributed by atoms with E-state index in [2.05, 4.69) is 24.0 Å². The van der Waals surface area contributed by atoms with E-state index in [1.165, 1.54) is 0 Å². The lowest BCUT2D eigenvalue weighted by Gasteiger charge is -1.97. The highest BCUT2D eigenvalue weighted by Gasteiger charge is 1.82. The monoisotopic (exact) mass is 126 g/mol. The summed E-state index contributed by atoms with van der Waals surface area (Å²) in [5, 5.41) is 4.01. The number of hydrazone groups is 1. The molecule has 0 bridgehead atoms. The minimum absolute atomic E-state index is 0.878. The third kappa shape index (κ3) is 5.07. The van der Waals surface area contributed by atoms with Crippen molar-refractivity contribution in [2.24, 2.45) is 5.10 Å². The van der Waals surface area contributed by atoms with Gasteiger partial charge in [-0.05, 0) is 20.3 Å². The van der Waals surface area contributed by atoms with Crippen molar-refractivity contribution in [2.75, 3.05) is 0 Å². The first kappa shape index (κ1) is 8.21. The van der Waals surface area contributed by atoms with E-state index in [1.807, 2.05) is 13.8 Å². The van der Waals surface area contributed by atoms with Gasteiger partial charge < -0.3 is 0 Å². The molecule has 0 atom stereocenters. The van der Waals surface area contributed by atoms with Gasteiger partial charge in [-0.2, -0.15) is 5.10 Å². The van der Waals surface area contributed by atoms with E-state index in [1.54, 1.807) is 0 Å². The number of rotatable bonds is 3. The third-order valence-electron chi connectivity index (χ3n) is 0.949. The fraction of sp³-hybridized carbons (Fsp3) is 0.571. The van der Waals surface area contributed by atoms with Crippen molar-refractivity contribution >= 4 is 5.71 Å². The summed E-state index contributed by atoms with van der Waals surface area (Å²) in [5.74, 6) is 0. The van der Waals surface area contributed by atoms with Gasteiger partial charge in [0.25, 0.3) is 0 Å². The van der Waals surface area contributed by atoms with Crippen molar-refractivity contribution in [1.29, 1.82) is 0 Å². The lowest BCUT2D eigenvalue weighted by Crippen LogP contribution is -2.03. The highest BCUT2D eigenvalue weighted by Crippen LogP contribution is 1.83. The number of hydrogen-bond acceptors (Lipinski definition) is 2. The molecule has 0 aromatic rings. The van der Waals surface area contributed by atoms with E-state index in [-0.39, 0.29) is 0 Å². The quantitative estimate of drug-likeness (QED) is 0.453. The highest BCUT2D eigenvalue weighted by molar-refractivity contribution is 5.81. The van der Waals surface area contributed by atoms with Crippen molar-refractivity contribution in [3.8, 4) is 0 Å². The molecule has 0 aliphatic rings. The Balaban J connectivity index is 3.56. The zero-order chi connectivity index (χ0) is 7.28. The van der Waals surface area contributed by atoms with Crippen molar-refractivity contribution in [3.63, 3.8) is 0 Å². The molecule has 0 unspecified atom stereocenters. The molecule has 0 spiro atoms. The van der Waals surface area contributed by atoms with Gasteiger partial charge >= 0.3 is 0 Å². The van der Waals surface area contributed by atoms with E-state index in [0.717, 1.165) is 17.8 Å². The summed E-state index contributed by atoms with van der Waals surface area (Å²) in [6, 6.07) is 0. The van der Waals surface area contributed by atoms with Crippen LogP contribution in [0.3, 0.4) is 0 Å². The zero-order valence-electron chi connectivity index (χ0n) is 6.36. The lowest BCUT2D eigenvalue weighted by atomic mass is 10.3. The molecule has 0 heterocycles. The van der Waals surface area contributed by atoms with E-state index in [0.29, 0.717) is 0 Å². The summed E-state index contributed by atoms with van der Waals surface area (Å²) in [4.78, 5) is 0. The molecular weight excluding hydrogens is 112 g/mol. The van der Waals surface area contributed by atoms with E-state index in [4.69, 9.17) is 0 Å². The largest absolute Gasteiger partial charge is 0.284 e. The number of hydrogen-bond donors (Lipinski definition) is 1. The molecule has 0 aliphatic heterocycles. The maximum atomic E-state index is 4.01. The molecule has 0 amide bonds. The van der Waals surface area contributed by atoms with Gasteiger partial charge in [0, 0.05) is 11.4 Å². The Hall–Kier alpha value is -0.790. The highest BCUT2D eigenvalue weighted by atomic mass is 15.3. The number of nitrogens with zero attached hydrogens (tertiary/aromatic N) is 1. The Morgan fingerprint density at radius 2 is 2.11 bits per heavy atom. The number of allylic oxidation sites excluding steroid dienone is 1. The van der Waals surface area contributed by atoms with Crippen LogP contribution in [0.5, 0.6) is 0 Å². The van der Waals surface area contributed by atoms with Crippen LogP contribution in [0.25, 0.3) is 0 Å². The predicted molar refractivity (Wildman–Crippen MR) is 41.3 cm³/mol. The second-order valence-corrected chi connectivity index (χ2v) is 2.09. The van der Waals surface area contributed by atoms with Gasteiger partial charge in [0.05, 0.1) is 0 Å². The SMILES string of the molecule is C=C(C)N/N=C(\C)CC. The van der Waals surface area contributed by atoms with Crippen LogP contribution in [0.15, 0.2) is 17.4 Å². The molecule has 0 radical (unpaired) electrons. The van der Waals surface area contributed by atoms with Gasteiger partial charge in [-0.25, -0.2) is 0 Å². The Kier molecular flexibility index (Phi) is 3.76. The molecule has 1 N–H and O–H groups in total. The molecule has 0 aromatic carbocycles. The molecule has 0 fully saturated rings. The van der Waals surface area contributed by atoms with Crippen LogP contribution >= 0.6 is 0 Å². The van der Waals surface area contributed by atoms with Gasteiger partial charge in [0.15, 0.2) is 0 Å². The Bertz CT molecular complexity index is 125. The van der Waals surface area contributed by atoms with E-state index >= 15 is 0 Å². The lowest BCUT2D eigenvalue weighted by molar-refractivity contribution is 0.883. The Labute approximate surface area is 56.7 Å². The van der Waals surface area contributed by atoms with Gasteiger partial charge in [-0.15, -0.1) is 0 Å². The van der Waals surface area contributed by atoms with Crippen LogP contribution in [-0.4, -0.2) is 5.71 Å². The summed E-state index contributed by atoms with van der Waals surface area (Å²) in [6.07, 6.45) is 0.986. The van der Waals surface area contributed by atoms with Crippen molar-refractivity contribution < 1.29 is 0 Å². The standard InChI is InChI=1S/C7H14N2/c1-5-7(4)9-8-6(2)3/h8H,2,5H2,1,3-4H3/b9-7+. The maximum absolute atomic E-state index is 4.01. The summed E-state index contributed by atoms with van der Waals surface area (Å²) in [5.41, 5.74) is 4.76. The topological polar surface area (TPSA) is 24.4 Å². The number of nitrogens with one attached hydrogen (secondary N) is 1. The summed E-state index contributed by atoms with van der Waals surface area (Å²) < 4.78 is 0. The molecule has 0 saturated heterocycles. The van der Waals surface area contributed by atoms with Crippen LogP contribution in [0, 0.1) is 0 Å². The molecule has 2 heteroatoms. The average molecular weight is 126 g/mol. The third-order valence-corrected chi connectivity index (χ3v) is 0.949. The van der Waals surface area contributed by atoms with Crippen LogP contribution < -0.4 is 5.43 Å². The first-order chi connectivity index (χ1) is 4.16. The Morgan fingerprint density at radius 1 is 1.56 bits per heavy atom. The minimum atomic E-state index is 0.878. The fourth-order valence-corrected chi connectivity index (χ4v) is 0.270. The molecular formula is C7H14N2. The first-order valence-electron chi connectivity index (χ1n) is 3.11. The van der Waals surface area contributed by atoms with Crippen LogP contribution in [0.2, 0.25) is 0 Å². The molecule has 0 aromatic heterocycles.